The Balaban J connectivity index is 0.00000161. The predicted octanol–water partition coefficient (Wildman–Crippen LogP) is 3.08. The normalized spacial score (nSPS) is 10.2. The van der Waals surface area contributed by atoms with E-state index in [0.29, 0.717) is 12.5 Å². The summed E-state index contributed by atoms with van der Waals surface area (Å²) < 4.78 is 11.0. The smallest absolute Gasteiger partial charge is 0.219 e. The molecule has 2 aromatic heterocycles. The number of nitrogens with zero attached hydrogens (tertiary/aromatic N) is 1. The molecular formula is C16H16KN2O2. The van der Waals surface area contributed by atoms with E-state index in [4.69, 9.17) is 9.47 Å². The van der Waals surface area contributed by atoms with Crippen LogP contribution >= 0.6 is 0 Å². The summed E-state index contributed by atoms with van der Waals surface area (Å²) in [5.41, 5.74) is 3.15. The van der Waals surface area contributed by atoms with Crippen LogP contribution in [-0.4, -0.2) is 68.5 Å². The van der Waals surface area contributed by atoms with Crippen LogP contribution in [0.5, 0.6) is 11.6 Å². The molecule has 2 heterocycles. The SMILES string of the molecule is COc1ncccc1COc1ccc2cc(C)[nH]c2c1.[K]. The second kappa shape index (κ2) is 7.42. The maximum atomic E-state index is 5.81. The summed E-state index contributed by atoms with van der Waals surface area (Å²) in [6, 6.07) is 12.0. The van der Waals surface area contributed by atoms with E-state index in [1.54, 1.807) is 13.3 Å². The number of methoxy groups -OCH3 is 1. The molecule has 21 heavy (non-hydrogen) atoms. The van der Waals surface area contributed by atoms with Crippen molar-refractivity contribution in [1.29, 1.82) is 0 Å². The molecule has 0 fully saturated rings. The summed E-state index contributed by atoms with van der Waals surface area (Å²) in [5, 5.41) is 1.19. The molecule has 0 saturated heterocycles. The molecule has 0 aliphatic rings. The molecule has 0 amide bonds. The summed E-state index contributed by atoms with van der Waals surface area (Å²) in [4.78, 5) is 7.46. The summed E-state index contributed by atoms with van der Waals surface area (Å²) in [6.45, 7) is 2.48. The number of pyridine rings is 1. The van der Waals surface area contributed by atoms with Gasteiger partial charge in [-0.1, -0.05) is 0 Å². The Hall–Kier alpha value is -0.854. The number of ether oxygens (including phenoxy) is 2. The van der Waals surface area contributed by atoms with Gasteiger partial charge in [0.15, 0.2) is 0 Å². The molecule has 0 spiro atoms. The van der Waals surface area contributed by atoms with Gasteiger partial charge in [0.1, 0.15) is 12.4 Å². The largest absolute Gasteiger partial charge is 0.489 e. The number of aromatic nitrogens is 2. The number of hydrogen-bond acceptors (Lipinski definition) is 3. The summed E-state index contributed by atoms with van der Waals surface area (Å²) in [5.74, 6) is 1.43. The second-order valence-electron chi connectivity index (χ2n) is 4.66. The molecule has 0 atom stereocenters. The van der Waals surface area contributed by atoms with Crippen LogP contribution < -0.4 is 9.47 Å². The zero-order valence-corrected chi connectivity index (χ0v) is 15.6. The van der Waals surface area contributed by atoms with Gasteiger partial charge in [-0.05, 0) is 42.6 Å². The van der Waals surface area contributed by atoms with Crippen LogP contribution in [0.25, 0.3) is 10.9 Å². The number of hydrogen-bond donors (Lipinski definition) is 1. The van der Waals surface area contributed by atoms with Gasteiger partial charge >= 0.3 is 0 Å². The molecule has 0 saturated carbocycles. The molecule has 103 valence electrons. The standard InChI is InChI=1S/C16H16N2O2.K/c1-11-8-12-5-6-14(9-15(12)18-11)20-10-13-4-3-7-17-16(13)19-2;/h3-9,18H,10H2,1-2H3;. The molecular weight excluding hydrogens is 291 g/mol. The number of fused-ring (bicyclic) bond motifs is 1. The van der Waals surface area contributed by atoms with E-state index < -0.39 is 0 Å². The maximum absolute atomic E-state index is 5.81. The van der Waals surface area contributed by atoms with Gasteiger partial charge in [0, 0.05) is 74.9 Å². The van der Waals surface area contributed by atoms with E-state index in [0.717, 1.165) is 22.5 Å². The second-order valence-corrected chi connectivity index (χ2v) is 4.66. The molecule has 5 heteroatoms. The Morgan fingerprint density at radius 3 is 2.86 bits per heavy atom. The van der Waals surface area contributed by atoms with E-state index in [-0.39, 0.29) is 51.4 Å². The number of aromatic amines is 1. The van der Waals surface area contributed by atoms with Crippen LogP contribution in [0, 0.1) is 6.92 Å². The Morgan fingerprint density at radius 2 is 2.05 bits per heavy atom. The molecule has 1 radical (unpaired) electrons. The minimum atomic E-state index is 0. The zero-order valence-electron chi connectivity index (χ0n) is 12.5. The van der Waals surface area contributed by atoms with E-state index in [1.807, 2.05) is 31.2 Å². The summed E-state index contributed by atoms with van der Waals surface area (Å²) >= 11 is 0. The third kappa shape index (κ3) is 3.87. The van der Waals surface area contributed by atoms with Crippen molar-refractivity contribution in [3.8, 4) is 11.6 Å². The fourth-order valence-electron chi connectivity index (χ4n) is 2.22. The van der Waals surface area contributed by atoms with Crippen molar-refractivity contribution in [2.45, 2.75) is 13.5 Å². The molecule has 0 aliphatic carbocycles. The van der Waals surface area contributed by atoms with Crippen LogP contribution in [0.15, 0.2) is 42.6 Å². The van der Waals surface area contributed by atoms with Crippen molar-refractivity contribution >= 4 is 62.3 Å². The summed E-state index contributed by atoms with van der Waals surface area (Å²) in [6.07, 6.45) is 1.70. The third-order valence-electron chi connectivity index (χ3n) is 3.17. The number of nitrogens with one attached hydrogen (secondary N) is 1. The van der Waals surface area contributed by atoms with Crippen molar-refractivity contribution in [3.05, 3.63) is 53.9 Å². The van der Waals surface area contributed by atoms with Crippen molar-refractivity contribution in [2.75, 3.05) is 7.11 Å². The Bertz CT molecular complexity index is 740. The van der Waals surface area contributed by atoms with Gasteiger partial charge < -0.3 is 14.5 Å². The minimum absolute atomic E-state index is 0. The van der Waals surface area contributed by atoms with Crippen LogP contribution in [0.1, 0.15) is 11.3 Å². The van der Waals surface area contributed by atoms with E-state index >= 15 is 0 Å². The van der Waals surface area contributed by atoms with Crippen molar-refractivity contribution < 1.29 is 9.47 Å². The number of benzene rings is 1. The quantitative estimate of drug-likeness (QED) is 0.754. The van der Waals surface area contributed by atoms with Gasteiger partial charge in [0.25, 0.3) is 0 Å². The van der Waals surface area contributed by atoms with E-state index in [9.17, 15) is 0 Å². The van der Waals surface area contributed by atoms with Crippen LogP contribution in [0.3, 0.4) is 0 Å². The molecule has 3 rings (SSSR count). The molecule has 0 aliphatic heterocycles. The van der Waals surface area contributed by atoms with Gasteiger partial charge in [-0.2, -0.15) is 0 Å². The molecule has 0 bridgehead atoms. The minimum Gasteiger partial charge on any atom is -0.489 e. The fraction of sp³-hybridized carbons (Fsp3) is 0.188. The Morgan fingerprint density at radius 1 is 1.19 bits per heavy atom. The van der Waals surface area contributed by atoms with E-state index in [1.165, 1.54) is 5.39 Å². The molecule has 1 N–H and O–H groups in total. The average molecular weight is 307 g/mol. The maximum Gasteiger partial charge on any atom is 0.219 e. The van der Waals surface area contributed by atoms with Gasteiger partial charge in [0.2, 0.25) is 5.88 Å². The first-order valence-electron chi connectivity index (χ1n) is 6.46. The van der Waals surface area contributed by atoms with Gasteiger partial charge in [-0.3, -0.25) is 0 Å². The Labute approximate surface area is 166 Å². The van der Waals surface area contributed by atoms with Gasteiger partial charge in [0.05, 0.1) is 12.7 Å². The average Bonchev–Trinajstić information content (AvgIpc) is 2.84. The van der Waals surface area contributed by atoms with Gasteiger partial charge in [-0.25, -0.2) is 4.98 Å². The van der Waals surface area contributed by atoms with Crippen LogP contribution in [0.2, 0.25) is 0 Å². The van der Waals surface area contributed by atoms with E-state index in [2.05, 4.69) is 22.1 Å². The first-order valence-corrected chi connectivity index (χ1v) is 6.46. The van der Waals surface area contributed by atoms with Crippen LogP contribution in [-0.2, 0) is 6.61 Å². The molecule has 0 unspecified atom stereocenters. The number of rotatable bonds is 4. The molecule has 3 aromatic rings. The first kappa shape index (κ1) is 16.5. The van der Waals surface area contributed by atoms with Crippen molar-refractivity contribution in [3.63, 3.8) is 0 Å². The monoisotopic (exact) mass is 307 g/mol. The Kier molecular flexibility index (Phi) is 5.84. The third-order valence-corrected chi connectivity index (χ3v) is 3.17. The number of H-pyrrole nitrogens is 1. The number of aryl methyl sites for hydroxylation is 1. The predicted molar refractivity (Wildman–Crippen MR) is 83.9 cm³/mol. The fourth-order valence-corrected chi connectivity index (χ4v) is 2.22. The summed E-state index contributed by atoms with van der Waals surface area (Å²) in [7, 11) is 1.61. The topological polar surface area (TPSA) is 47.1 Å². The zero-order chi connectivity index (χ0) is 13.9. The van der Waals surface area contributed by atoms with Crippen molar-refractivity contribution in [2.24, 2.45) is 0 Å². The van der Waals surface area contributed by atoms with Crippen LogP contribution in [0.4, 0.5) is 0 Å². The van der Waals surface area contributed by atoms with Crippen molar-refractivity contribution in [1.82, 2.24) is 9.97 Å². The molecule has 4 nitrogen and oxygen atoms in total. The van der Waals surface area contributed by atoms with Gasteiger partial charge in [-0.15, -0.1) is 0 Å². The molecule has 1 aromatic carbocycles. The first-order chi connectivity index (χ1) is 9.76.